The molecule has 0 amide bonds. The van der Waals surface area contributed by atoms with Gasteiger partial charge in [0.2, 0.25) is 0 Å². The molecular weight excluding hydrogens is 242 g/mol. The number of hydrogen-bond acceptors (Lipinski definition) is 1. The summed E-state index contributed by atoms with van der Waals surface area (Å²) in [5, 5.41) is 3.71. The molecule has 0 spiro atoms. The molecule has 0 heterocycles. The third kappa shape index (κ3) is 4.82. The number of nitrogens with one attached hydrogen (secondary N) is 1. The average molecular weight is 267 g/mol. The fourth-order valence-corrected chi connectivity index (χ4v) is 2.57. The quantitative estimate of drug-likeness (QED) is 0.681. The SMILES string of the molecule is CCCC(NCCCc1ccccc1)c1ccccc1. The molecule has 2 aromatic carbocycles. The van der Waals surface area contributed by atoms with Gasteiger partial charge in [-0.3, -0.25) is 0 Å². The predicted molar refractivity (Wildman–Crippen MR) is 86.9 cm³/mol. The van der Waals surface area contributed by atoms with Crippen LogP contribution in [0.2, 0.25) is 0 Å². The van der Waals surface area contributed by atoms with Gasteiger partial charge in [0.05, 0.1) is 0 Å². The summed E-state index contributed by atoms with van der Waals surface area (Å²) < 4.78 is 0. The molecule has 20 heavy (non-hydrogen) atoms. The summed E-state index contributed by atoms with van der Waals surface area (Å²) in [6, 6.07) is 22.0. The number of rotatable bonds is 8. The van der Waals surface area contributed by atoms with Gasteiger partial charge in [-0.05, 0) is 36.9 Å². The van der Waals surface area contributed by atoms with E-state index in [4.69, 9.17) is 0 Å². The Bertz CT molecular complexity index is 464. The first kappa shape index (κ1) is 14.8. The third-order valence-corrected chi connectivity index (χ3v) is 3.66. The Hall–Kier alpha value is -1.60. The number of hydrogen-bond donors (Lipinski definition) is 1. The fraction of sp³-hybridized carbons (Fsp3) is 0.368. The van der Waals surface area contributed by atoms with Crippen LogP contribution >= 0.6 is 0 Å². The molecule has 0 fully saturated rings. The minimum Gasteiger partial charge on any atom is -0.310 e. The third-order valence-electron chi connectivity index (χ3n) is 3.66. The summed E-state index contributed by atoms with van der Waals surface area (Å²) in [5.41, 5.74) is 2.84. The van der Waals surface area contributed by atoms with Crippen molar-refractivity contribution in [2.24, 2.45) is 0 Å². The Kier molecular flexibility index (Phi) is 6.33. The van der Waals surface area contributed by atoms with Crippen LogP contribution in [-0.2, 0) is 6.42 Å². The molecular formula is C19H25N. The van der Waals surface area contributed by atoms with Gasteiger partial charge < -0.3 is 5.32 Å². The highest BCUT2D eigenvalue weighted by molar-refractivity contribution is 5.19. The van der Waals surface area contributed by atoms with Crippen molar-refractivity contribution in [2.75, 3.05) is 6.54 Å². The highest BCUT2D eigenvalue weighted by Crippen LogP contribution is 2.18. The molecule has 0 aliphatic rings. The maximum absolute atomic E-state index is 3.71. The van der Waals surface area contributed by atoms with Crippen molar-refractivity contribution >= 4 is 0 Å². The molecule has 0 aromatic heterocycles. The largest absolute Gasteiger partial charge is 0.310 e. The Morgan fingerprint density at radius 1 is 0.900 bits per heavy atom. The average Bonchev–Trinajstić information content (AvgIpc) is 2.52. The molecule has 106 valence electrons. The van der Waals surface area contributed by atoms with E-state index in [1.54, 1.807) is 0 Å². The first-order valence-corrected chi connectivity index (χ1v) is 7.72. The van der Waals surface area contributed by atoms with E-state index in [0.29, 0.717) is 6.04 Å². The second-order valence-electron chi connectivity index (χ2n) is 5.30. The molecule has 1 nitrogen and oxygen atoms in total. The maximum atomic E-state index is 3.71. The molecule has 1 N–H and O–H groups in total. The van der Waals surface area contributed by atoms with Crippen LogP contribution in [0, 0.1) is 0 Å². The lowest BCUT2D eigenvalue weighted by Crippen LogP contribution is -2.22. The predicted octanol–water partition coefficient (Wildman–Crippen LogP) is 4.75. The van der Waals surface area contributed by atoms with Crippen LogP contribution in [-0.4, -0.2) is 6.54 Å². The van der Waals surface area contributed by atoms with Crippen molar-refractivity contribution < 1.29 is 0 Å². The minimum atomic E-state index is 0.497. The summed E-state index contributed by atoms with van der Waals surface area (Å²) >= 11 is 0. The molecule has 0 bridgehead atoms. The van der Waals surface area contributed by atoms with Gasteiger partial charge in [-0.25, -0.2) is 0 Å². The minimum absolute atomic E-state index is 0.497. The van der Waals surface area contributed by atoms with E-state index in [-0.39, 0.29) is 0 Å². The van der Waals surface area contributed by atoms with Crippen LogP contribution < -0.4 is 5.32 Å². The molecule has 2 aromatic rings. The number of aryl methyl sites for hydroxylation is 1. The topological polar surface area (TPSA) is 12.0 Å². The van der Waals surface area contributed by atoms with Gasteiger partial charge in [0.15, 0.2) is 0 Å². The van der Waals surface area contributed by atoms with Crippen LogP contribution in [0.4, 0.5) is 0 Å². The van der Waals surface area contributed by atoms with Crippen molar-refractivity contribution in [3.05, 3.63) is 71.8 Å². The van der Waals surface area contributed by atoms with E-state index >= 15 is 0 Å². The summed E-state index contributed by atoms with van der Waals surface area (Å²) in [4.78, 5) is 0. The highest BCUT2D eigenvalue weighted by atomic mass is 14.9. The van der Waals surface area contributed by atoms with Gasteiger partial charge in [-0.2, -0.15) is 0 Å². The van der Waals surface area contributed by atoms with E-state index in [9.17, 15) is 0 Å². The lowest BCUT2D eigenvalue weighted by atomic mass is 10.0. The van der Waals surface area contributed by atoms with Gasteiger partial charge >= 0.3 is 0 Å². The van der Waals surface area contributed by atoms with E-state index < -0.39 is 0 Å². The van der Waals surface area contributed by atoms with Crippen LogP contribution in [0.15, 0.2) is 60.7 Å². The monoisotopic (exact) mass is 267 g/mol. The maximum Gasteiger partial charge on any atom is 0.0320 e. The molecule has 1 unspecified atom stereocenters. The molecule has 0 aliphatic carbocycles. The Labute approximate surface area is 123 Å². The van der Waals surface area contributed by atoms with Gasteiger partial charge in [-0.1, -0.05) is 74.0 Å². The molecule has 0 saturated carbocycles. The molecule has 1 atom stereocenters. The normalized spacial score (nSPS) is 12.2. The highest BCUT2D eigenvalue weighted by Gasteiger charge is 2.08. The molecule has 0 aliphatic heterocycles. The Morgan fingerprint density at radius 2 is 1.55 bits per heavy atom. The van der Waals surface area contributed by atoms with Crippen LogP contribution in [0.5, 0.6) is 0 Å². The smallest absolute Gasteiger partial charge is 0.0320 e. The van der Waals surface area contributed by atoms with Crippen molar-refractivity contribution in [1.29, 1.82) is 0 Å². The van der Waals surface area contributed by atoms with E-state index in [0.717, 1.165) is 13.0 Å². The van der Waals surface area contributed by atoms with Gasteiger partial charge in [0.25, 0.3) is 0 Å². The lowest BCUT2D eigenvalue weighted by Gasteiger charge is -2.18. The van der Waals surface area contributed by atoms with Crippen molar-refractivity contribution in [3.8, 4) is 0 Å². The molecule has 2 rings (SSSR count). The second-order valence-corrected chi connectivity index (χ2v) is 5.30. The van der Waals surface area contributed by atoms with E-state index in [2.05, 4.69) is 72.9 Å². The zero-order valence-corrected chi connectivity index (χ0v) is 12.4. The van der Waals surface area contributed by atoms with Gasteiger partial charge in [0.1, 0.15) is 0 Å². The standard InChI is InChI=1S/C19H25N/c1-2-10-19(18-14-7-4-8-15-18)20-16-9-13-17-11-5-3-6-12-17/h3-8,11-12,14-15,19-20H,2,9-10,13,16H2,1H3. The zero-order valence-electron chi connectivity index (χ0n) is 12.4. The summed E-state index contributed by atoms with van der Waals surface area (Å²) in [7, 11) is 0. The van der Waals surface area contributed by atoms with Crippen LogP contribution in [0.3, 0.4) is 0 Å². The van der Waals surface area contributed by atoms with Crippen molar-refractivity contribution in [1.82, 2.24) is 5.32 Å². The molecule has 0 radical (unpaired) electrons. The van der Waals surface area contributed by atoms with Crippen LogP contribution in [0.1, 0.15) is 43.4 Å². The van der Waals surface area contributed by atoms with Gasteiger partial charge in [0, 0.05) is 6.04 Å². The summed E-state index contributed by atoms with van der Waals surface area (Å²) in [5.74, 6) is 0. The Balaban J connectivity index is 1.78. The lowest BCUT2D eigenvalue weighted by molar-refractivity contribution is 0.487. The first-order valence-electron chi connectivity index (χ1n) is 7.72. The number of benzene rings is 2. The van der Waals surface area contributed by atoms with E-state index in [1.807, 2.05) is 0 Å². The fourth-order valence-electron chi connectivity index (χ4n) is 2.57. The second kappa shape index (κ2) is 8.55. The van der Waals surface area contributed by atoms with Crippen molar-refractivity contribution in [2.45, 2.75) is 38.6 Å². The summed E-state index contributed by atoms with van der Waals surface area (Å²) in [6.45, 7) is 3.33. The van der Waals surface area contributed by atoms with E-state index in [1.165, 1.54) is 30.4 Å². The first-order chi connectivity index (χ1) is 9.90. The van der Waals surface area contributed by atoms with Crippen LogP contribution in [0.25, 0.3) is 0 Å². The van der Waals surface area contributed by atoms with Gasteiger partial charge in [-0.15, -0.1) is 0 Å². The summed E-state index contributed by atoms with van der Waals surface area (Å²) in [6.07, 6.45) is 4.76. The van der Waals surface area contributed by atoms with Crippen molar-refractivity contribution in [3.63, 3.8) is 0 Å². The Morgan fingerprint density at radius 3 is 2.20 bits per heavy atom. The molecule has 0 saturated heterocycles. The molecule has 1 heteroatoms. The zero-order chi connectivity index (χ0) is 14.0.